The molecule has 0 saturated carbocycles. The van der Waals surface area contributed by atoms with Crippen LogP contribution in [0.5, 0.6) is 0 Å². The number of benzene rings is 3. The van der Waals surface area contributed by atoms with Crippen molar-refractivity contribution in [2.75, 3.05) is 13.1 Å². The first-order chi connectivity index (χ1) is 21.9. The molecule has 1 heterocycles. The molecule has 0 fully saturated rings. The van der Waals surface area contributed by atoms with E-state index in [-0.39, 0.29) is 37.7 Å². The molecule has 232 valence electrons. The third kappa shape index (κ3) is 8.51. The van der Waals surface area contributed by atoms with Gasteiger partial charge in [-0.15, -0.1) is 0 Å². The topological polar surface area (TPSA) is 137 Å². The van der Waals surface area contributed by atoms with Crippen molar-refractivity contribution >= 4 is 40.5 Å². The fraction of sp³-hybridized carbons (Fsp3) is 0.235. The van der Waals surface area contributed by atoms with Crippen molar-refractivity contribution < 1.29 is 19.1 Å². The molecule has 4 aromatic rings. The van der Waals surface area contributed by atoms with Gasteiger partial charge in [-0.1, -0.05) is 72.3 Å². The Bertz CT molecular complexity index is 1720. The largest absolute Gasteiger partial charge is 0.459 e. The van der Waals surface area contributed by atoms with E-state index in [0.717, 1.165) is 35.0 Å². The summed E-state index contributed by atoms with van der Waals surface area (Å²) in [7, 11) is 0. The van der Waals surface area contributed by atoms with Crippen LogP contribution in [0.4, 0.5) is 4.79 Å². The molecule has 45 heavy (non-hydrogen) atoms. The normalized spacial score (nSPS) is 15.2. The van der Waals surface area contributed by atoms with Gasteiger partial charge in [0, 0.05) is 17.8 Å². The zero-order valence-electron chi connectivity index (χ0n) is 24.8. The Kier molecular flexibility index (Phi) is 10.5. The van der Waals surface area contributed by atoms with Crippen LogP contribution in [0.1, 0.15) is 46.4 Å². The molecular formula is C34H35ClN6O4. The van der Waals surface area contributed by atoms with Gasteiger partial charge in [0.25, 0.3) is 5.91 Å². The summed E-state index contributed by atoms with van der Waals surface area (Å²) < 4.78 is 5.56. The highest BCUT2D eigenvalue weighted by Gasteiger charge is 2.25. The number of imidazole rings is 1. The number of nitrogens with one attached hydrogen (secondary N) is 5. The number of fused-ring (bicyclic) bond motifs is 2. The molecule has 11 heteroatoms. The van der Waals surface area contributed by atoms with Gasteiger partial charge in [-0.25, -0.2) is 14.6 Å². The first-order valence-corrected chi connectivity index (χ1v) is 15.1. The number of H-pyrrole nitrogens is 1. The minimum atomic E-state index is -0.908. The van der Waals surface area contributed by atoms with E-state index < -0.39 is 12.0 Å². The lowest BCUT2D eigenvalue weighted by atomic mass is 10.1. The molecule has 0 bridgehead atoms. The number of carbonyl (C=O) groups excluding carboxylic acids is 3. The van der Waals surface area contributed by atoms with E-state index in [2.05, 4.69) is 37.3 Å². The molecule has 1 aromatic heterocycles. The zero-order valence-corrected chi connectivity index (χ0v) is 25.6. The van der Waals surface area contributed by atoms with E-state index >= 15 is 0 Å². The first kappa shape index (κ1) is 31.3. The van der Waals surface area contributed by atoms with Crippen molar-refractivity contribution in [2.24, 2.45) is 0 Å². The van der Waals surface area contributed by atoms with Gasteiger partial charge in [0.2, 0.25) is 0 Å². The number of rotatable bonds is 12. The number of aryl methyl sites for hydroxylation is 1. The van der Waals surface area contributed by atoms with Crippen LogP contribution in [0, 0.1) is 0 Å². The molecular weight excluding hydrogens is 592 g/mol. The lowest BCUT2D eigenvalue weighted by molar-refractivity contribution is -0.147. The summed E-state index contributed by atoms with van der Waals surface area (Å²) in [4.78, 5) is 45.7. The number of aromatic nitrogens is 2. The Labute approximate surface area is 266 Å². The molecule has 1 aliphatic rings. The van der Waals surface area contributed by atoms with Gasteiger partial charge in [0.15, 0.2) is 0 Å². The van der Waals surface area contributed by atoms with E-state index in [9.17, 15) is 14.4 Å². The van der Waals surface area contributed by atoms with Crippen molar-refractivity contribution in [1.29, 1.82) is 0 Å². The second-order valence-corrected chi connectivity index (χ2v) is 11.1. The maximum atomic E-state index is 13.1. The maximum Gasteiger partial charge on any atom is 0.330 e. The number of carbonyl (C=O) groups is 3. The van der Waals surface area contributed by atoms with Crippen LogP contribution in [-0.4, -0.2) is 47.0 Å². The number of ether oxygens (including phenoxy) is 1. The van der Waals surface area contributed by atoms with Crippen molar-refractivity contribution in [3.05, 3.63) is 124 Å². The number of aromatic amines is 1. The molecule has 0 radical (unpaired) electrons. The van der Waals surface area contributed by atoms with E-state index in [4.69, 9.17) is 16.3 Å². The van der Waals surface area contributed by atoms with Gasteiger partial charge in [-0.2, -0.15) is 0 Å². The second-order valence-electron chi connectivity index (χ2n) is 10.7. The molecule has 3 aromatic carbocycles. The standard InChI is InChI=1S/C34H35ClN6O4/c1-22(27(35)12-7-17-36-32(42)25-14-16-29-30(18-25)39-21-38-29)40-31(33(43)45-20-23-8-3-2-4-9-23)19-37-34(44)41-28-15-13-24-10-5-6-11-26(24)28/h2-12,14,16,18,21,28,31,40H,13,15,17,19-20H2,1H3,(H,36,42)(H,38,39)(H2,37,41,44)/b12-7+,27-22-/t28-,31+/m1/s1. The summed E-state index contributed by atoms with van der Waals surface area (Å²) in [5.74, 6) is -0.780. The summed E-state index contributed by atoms with van der Waals surface area (Å²) in [6.07, 6.45) is 6.63. The van der Waals surface area contributed by atoms with Crippen molar-refractivity contribution in [1.82, 2.24) is 31.2 Å². The Morgan fingerprint density at radius 3 is 2.71 bits per heavy atom. The molecule has 1 aliphatic carbocycles. The van der Waals surface area contributed by atoms with Crippen LogP contribution in [-0.2, 0) is 22.6 Å². The number of hydrogen-bond donors (Lipinski definition) is 5. The maximum absolute atomic E-state index is 13.1. The molecule has 0 unspecified atom stereocenters. The average Bonchev–Trinajstić information content (AvgIpc) is 3.70. The molecule has 5 rings (SSSR count). The predicted molar refractivity (Wildman–Crippen MR) is 173 cm³/mol. The number of urea groups is 1. The zero-order chi connectivity index (χ0) is 31.6. The van der Waals surface area contributed by atoms with Crippen LogP contribution in [0.15, 0.2) is 102 Å². The molecule has 3 amide bonds. The van der Waals surface area contributed by atoms with Gasteiger partial charge < -0.3 is 31.0 Å². The number of hydrogen-bond acceptors (Lipinski definition) is 6. The Balaban J connectivity index is 1.17. The average molecular weight is 627 g/mol. The number of halogens is 1. The van der Waals surface area contributed by atoms with Crippen LogP contribution in [0.3, 0.4) is 0 Å². The smallest absolute Gasteiger partial charge is 0.330 e. The molecule has 10 nitrogen and oxygen atoms in total. The monoisotopic (exact) mass is 626 g/mol. The Hall–Kier alpha value is -5.09. The summed E-state index contributed by atoms with van der Waals surface area (Å²) in [6, 6.07) is 21.2. The summed E-state index contributed by atoms with van der Waals surface area (Å²) in [5, 5.41) is 12.0. The van der Waals surface area contributed by atoms with Crippen LogP contribution < -0.4 is 21.3 Å². The van der Waals surface area contributed by atoms with E-state index in [1.807, 2.05) is 48.5 Å². The van der Waals surface area contributed by atoms with Gasteiger partial charge >= 0.3 is 12.0 Å². The van der Waals surface area contributed by atoms with E-state index in [1.54, 1.807) is 43.6 Å². The second kappa shape index (κ2) is 15.1. The third-order valence-corrected chi connectivity index (χ3v) is 7.90. The highest BCUT2D eigenvalue weighted by Crippen LogP contribution is 2.30. The lowest BCUT2D eigenvalue weighted by Crippen LogP contribution is -2.49. The SMILES string of the molecule is C/C(N[C@@H](CNC(=O)N[C@@H]1CCc2ccccc21)C(=O)OCc1ccccc1)=C(Cl)\C=C\CNC(=O)c1ccc2nc[nH]c2c1. The van der Waals surface area contributed by atoms with Crippen LogP contribution in [0.2, 0.25) is 0 Å². The predicted octanol–water partition coefficient (Wildman–Crippen LogP) is 5.01. The number of esters is 1. The van der Waals surface area contributed by atoms with E-state index in [1.165, 1.54) is 5.56 Å². The van der Waals surface area contributed by atoms with Gasteiger partial charge in [-0.05, 0) is 60.7 Å². The Morgan fingerprint density at radius 1 is 1.07 bits per heavy atom. The number of nitrogens with zero attached hydrogens (tertiary/aromatic N) is 1. The highest BCUT2D eigenvalue weighted by atomic mass is 35.5. The third-order valence-electron chi connectivity index (χ3n) is 7.49. The van der Waals surface area contributed by atoms with Gasteiger partial charge in [0.1, 0.15) is 12.6 Å². The number of amides is 3. The first-order valence-electron chi connectivity index (χ1n) is 14.7. The molecule has 2 atom stereocenters. The summed E-state index contributed by atoms with van der Waals surface area (Å²) in [6.45, 7) is 2.01. The molecule has 0 aliphatic heterocycles. The quantitative estimate of drug-likeness (QED) is 0.111. The molecule has 5 N–H and O–H groups in total. The van der Waals surface area contributed by atoms with Gasteiger partial charge in [0.05, 0.1) is 35.0 Å². The number of allylic oxidation sites excluding steroid dienone is 3. The van der Waals surface area contributed by atoms with Gasteiger partial charge in [-0.3, -0.25) is 4.79 Å². The Morgan fingerprint density at radius 2 is 1.87 bits per heavy atom. The van der Waals surface area contributed by atoms with Crippen molar-refractivity contribution in [3.8, 4) is 0 Å². The fourth-order valence-corrected chi connectivity index (χ4v) is 5.23. The lowest BCUT2D eigenvalue weighted by Gasteiger charge is -2.21. The fourth-order valence-electron chi connectivity index (χ4n) is 5.08. The minimum Gasteiger partial charge on any atom is -0.459 e. The van der Waals surface area contributed by atoms with Crippen LogP contribution in [0.25, 0.3) is 11.0 Å². The van der Waals surface area contributed by atoms with Crippen molar-refractivity contribution in [3.63, 3.8) is 0 Å². The molecule has 0 spiro atoms. The van der Waals surface area contributed by atoms with Crippen LogP contribution >= 0.6 is 11.6 Å². The molecule has 0 saturated heterocycles. The van der Waals surface area contributed by atoms with Crippen molar-refractivity contribution in [2.45, 2.75) is 38.5 Å². The summed E-state index contributed by atoms with van der Waals surface area (Å²) >= 11 is 6.52. The highest BCUT2D eigenvalue weighted by molar-refractivity contribution is 6.31. The minimum absolute atomic E-state index is 0.0320. The van der Waals surface area contributed by atoms with E-state index in [0.29, 0.717) is 16.3 Å². The summed E-state index contributed by atoms with van der Waals surface area (Å²) in [5.41, 5.74) is 5.74.